The minimum Gasteiger partial charge on any atom is -0.286 e. The van der Waals surface area contributed by atoms with Crippen LogP contribution in [0.5, 0.6) is 0 Å². The van der Waals surface area contributed by atoms with Gasteiger partial charge in [-0.25, -0.2) is 8.42 Å². The van der Waals surface area contributed by atoms with Crippen molar-refractivity contribution < 1.29 is 13.2 Å². The number of hydrogen-bond donors (Lipinski definition) is 1. The summed E-state index contributed by atoms with van der Waals surface area (Å²) in [4.78, 5) is 12.9. The summed E-state index contributed by atoms with van der Waals surface area (Å²) >= 11 is 9.18. The number of hydrazone groups is 1. The number of nitrogens with zero attached hydrogens (tertiary/aromatic N) is 1. The maximum Gasteiger partial charge on any atom is 0.229 e. The SMILES string of the molecule is O=C(C(=NNc1ccc(Br)cc1)S(=O)(=O)c1ccccc1)c1ccc(Cl)cc1. The van der Waals surface area contributed by atoms with Crippen LogP contribution in [0.15, 0.2) is 93.3 Å². The lowest BCUT2D eigenvalue weighted by atomic mass is 10.1. The molecule has 0 fully saturated rings. The highest BCUT2D eigenvalue weighted by atomic mass is 79.9. The standard InChI is InChI=1S/C20H14BrClN2O3S/c21-15-8-12-17(13-9-15)23-24-20(19(25)14-6-10-16(22)11-7-14)28(26,27)18-4-2-1-3-5-18/h1-13,23H. The number of hydrogen-bond acceptors (Lipinski definition) is 5. The molecule has 0 spiro atoms. The van der Waals surface area contributed by atoms with Crippen LogP contribution in [0.25, 0.3) is 0 Å². The Labute approximate surface area is 176 Å². The Morgan fingerprint density at radius 1 is 0.893 bits per heavy atom. The molecule has 0 amide bonds. The van der Waals surface area contributed by atoms with Crippen LogP contribution in [0.1, 0.15) is 10.4 Å². The van der Waals surface area contributed by atoms with E-state index in [-0.39, 0.29) is 10.5 Å². The molecular weight excluding hydrogens is 464 g/mol. The third-order valence-electron chi connectivity index (χ3n) is 3.74. The Balaban J connectivity index is 2.05. The number of carbonyl (C=O) groups excluding carboxylic acids is 1. The third-order valence-corrected chi connectivity index (χ3v) is 6.20. The van der Waals surface area contributed by atoms with E-state index in [2.05, 4.69) is 26.5 Å². The van der Waals surface area contributed by atoms with Gasteiger partial charge in [0, 0.05) is 15.1 Å². The van der Waals surface area contributed by atoms with Crippen molar-refractivity contribution in [1.82, 2.24) is 0 Å². The minimum absolute atomic E-state index is 0.0198. The van der Waals surface area contributed by atoms with Crippen molar-refractivity contribution in [3.05, 3.63) is 93.9 Å². The van der Waals surface area contributed by atoms with E-state index >= 15 is 0 Å². The average molecular weight is 478 g/mol. The minimum atomic E-state index is -4.14. The molecule has 0 heterocycles. The van der Waals surface area contributed by atoms with Crippen LogP contribution in [0.4, 0.5) is 5.69 Å². The van der Waals surface area contributed by atoms with E-state index in [1.54, 1.807) is 42.5 Å². The number of rotatable bonds is 5. The first-order chi connectivity index (χ1) is 13.4. The summed E-state index contributed by atoms with van der Waals surface area (Å²) in [5, 5.41) is 3.78. The van der Waals surface area contributed by atoms with Crippen LogP contribution in [0, 0.1) is 0 Å². The molecule has 3 aromatic rings. The van der Waals surface area contributed by atoms with Crippen molar-refractivity contribution in [3.63, 3.8) is 0 Å². The quantitative estimate of drug-likeness (QED) is 0.238. The van der Waals surface area contributed by atoms with Gasteiger partial charge in [0.25, 0.3) is 0 Å². The number of sulfone groups is 1. The number of carbonyl (C=O) groups is 1. The maximum absolute atomic E-state index is 13.1. The van der Waals surface area contributed by atoms with Crippen molar-refractivity contribution >= 4 is 53.9 Å². The molecule has 0 atom stereocenters. The lowest BCUT2D eigenvalue weighted by Gasteiger charge is -2.09. The van der Waals surface area contributed by atoms with E-state index in [1.165, 1.54) is 36.4 Å². The average Bonchev–Trinajstić information content (AvgIpc) is 2.70. The molecule has 142 valence electrons. The largest absolute Gasteiger partial charge is 0.286 e. The topological polar surface area (TPSA) is 75.6 Å². The van der Waals surface area contributed by atoms with E-state index < -0.39 is 20.7 Å². The fourth-order valence-electron chi connectivity index (χ4n) is 2.31. The van der Waals surface area contributed by atoms with E-state index in [0.29, 0.717) is 10.7 Å². The Morgan fingerprint density at radius 3 is 2.11 bits per heavy atom. The van der Waals surface area contributed by atoms with Crippen molar-refractivity contribution in [2.45, 2.75) is 4.90 Å². The van der Waals surface area contributed by atoms with Gasteiger partial charge in [-0.1, -0.05) is 45.7 Å². The summed E-state index contributed by atoms with van der Waals surface area (Å²) in [5.41, 5.74) is 3.35. The fourth-order valence-corrected chi connectivity index (χ4v) is 3.97. The molecule has 0 radical (unpaired) electrons. The number of nitrogens with one attached hydrogen (secondary N) is 1. The molecule has 5 nitrogen and oxygen atoms in total. The zero-order chi connectivity index (χ0) is 20.1. The number of ketones is 1. The molecule has 0 aliphatic carbocycles. The molecule has 28 heavy (non-hydrogen) atoms. The van der Waals surface area contributed by atoms with Crippen LogP contribution in [0.2, 0.25) is 5.02 Å². The van der Waals surface area contributed by atoms with Gasteiger partial charge in [0.05, 0.1) is 10.6 Å². The Bertz CT molecular complexity index is 1110. The zero-order valence-electron chi connectivity index (χ0n) is 14.3. The summed E-state index contributed by atoms with van der Waals surface area (Å²) in [6.07, 6.45) is 0. The van der Waals surface area contributed by atoms with Gasteiger partial charge in [-0.2, -0.15) is 5.10 Å². The van der Waals surface area contributed by atoms with Crippen LogP contribution >= 0.6 is 27.5 Å². The van der Waals surface area contributed by atoms with Crippen LogP contribution in [0.3, 0.4) is 0 Å². The number of anilines is 1. The molecule has 0 aliphatic rings. The Kier molecular flexibility index (Phi) is 6.28. The first-order valence-electron chi connectivity index (χ1n) is 8.07. The zero-order valence-corrected chi connectivity index (χ0v) is 17.5. The van der Waals surface area contributed by atoms with Crippen molar-refractivity contribution in [2.24, 2.45) is 5.10 Å². The summed E-state index contributed by atoms with van der Waals surface area (Å²) < 4.78 is 27.0. The highest BCUT2D eigenvalue weighted by Crippen LogP contribution is 2.19. The second-order valence-electron chi connectivity index (χ2n) is 5.69. The maximum atomic E-state index is 13.1. The summed E-state index contributed by atoms with van der Waals surface area (Å²) in [6, 6.07) is 20.6. The number of benzene rings is 3. The third kappa shape index (κ3) is 4.67. The predicted molar refractivity (Wildman–Crippen MR) is 115 cm³/mol. The lowest BCUT2D eigenvalue weighted by molar-refractivity contribution is 0.106. The molecule has 3 rings (SSSR count). The Hall–Kier alpha value is -2.48. The smallest absolute Gasteiger partial charge is 0.229 e. The second kappa shape index (κ2) is 8.68. The van der Waals surface area contributed by atoms with E-state index in [1.807, 2.05) is 0 Å². The van der Waals surface area contributed by atoms with Gasteiger partial charge in [-0.3, -0.25) is 10.2 Å². The van der Waals surface area contributed by atoms with Gasteiger partial charge in [0.2, 0.25) is 20.7 Å². The molecule has 0 unspecified atom stereocenters. The monoisotopic (exact) mass is 476 g/mol. The van der Waals surface area contributed by atoms with Crippen LogP contribution < -0.4 is 5.43 Å². The normalized spacial score (nSPS) is 11.9. The molecule has 0 saturated carbocycles. The van der Waals surface area contributed by atoms with Gasteiger partial charge in [0.15, 0.2) is 0 Å². The highest BCUT2D eigenvalue weighted by molar-refractivity contribution is 9.10. The lowest BCUT2D eigenvalue weighted by Crippen LogP contribution is -2.26. The molecule has 0 aromatic heterocycles. The van der Waals surface area contributed by atoms with Crippen molar-refractivity contribution in [2.75, 3.05) is 5.43 Å². The molecular formula is C20H14BrClN2O3S. The van der Waals surface area contributed by atoms with Crippen molar-refractivity contribution in [1.29, 1.82) is 0 Å². The molecule has 1 N–H and O–H groups in total. The number of halogens is 2. The van der Waals surface area contributed by atoms with Gasteiger partial charge in [-0.05, 0) is 60.7 Å². The second-order valence-corrected chi connectivity index (χ2v) is 8.91. The molecule has 8 heteroatoms. The summed E-state index contributed by atoms with van der Waals surface area (Å²) in [6.45, 7) is 0. The molecule has 0 aliphatic heterocycles. The summed E-state index contributed by atoms with van der Waals surface area (Å²) in [7, 11) is -4.14. The molecule has 0 saturated heterocycles. The van der Waals surface area contributed by atoms with Gasteiger partial charge < -0.3 is 0 Å². The number of Topliss-reactive ketones (excluding diaryl/α,β-unsaturated/α-hetero) is 1. The van der Waals surface area contributed by atoms with Gasteiger partial charge >= 0.3 is 0 Å². The fraction of sp³-hybridized carbons (Fsp3) is 0. The van der Waals surface area contributed by atoms with Crippen LogP contribution in [-0.2, 0) is 9.84 Å². The Morgan fingerprint density at radius 2 is 1.50 bits per heavy atom. The van der Waals surface area contributed by atoms with E-state index in [9.17, 15) is 13.2 Å². The van der Waals surface area contributed by atoms with Crippen LogP contribution in [-0.4, -0.2) is 19.2 Å². The molecule has 3 aromatic carbocycles. The first kappa shape index (κ1) is 20.3. The highest BCUT2D eigenvalue weighted by Gasteiger charge is 2.30. The van der Waals surface area contributed by atoms with Crippen molar-refractivity contribution in [3.8, 4) is 0 Å². The first-order valence-corrected chi connectivity index (χ1v) is 10.7. The van der Waals surface area contributed by atoms with E-state index in [4.69, 9.17) is 11.6 Å². The van der Waals surface area contributed by atoms with E-state index in [0.717, 1.165) is 4.47 Å². The predicted octanol–water partition coefficient (Wildman–Crippen LogP) is 5.18. The summed E-state index contributed by atoms with van der Waals surface area (Å²) in [5.74, 6) is -0.731. The van der Waals surface area contributed by atoms with Gasteiger partial charge in [-0.15, -0.1) is 0 Å². The van der Waals surface area contributed by atoms with Gasteiger partial charge in [0.1, 0.15) is 0 Å². The molecule has 0 bridgehead atoms.